The van der Waals surface area contributed by atoms with Crippen LogP contribution in [0.25, 0.3) is 0 Å². The normalized spacial score (nSPS) is 15.4. The second-order valence-corrected chi connectivity index (χ2v) is 9.06. The van der Waals surface area contributed by atoms with Gasteiger partial charge in [-0.15, -0.1) is 11.3 Å². The SMILES string of the molecule is C[C@H]1CCc2c(sc(NC(=O)C[NH2+]C(c3ccccc3)c3ccccc3)c2C#N)C1. The van der Waals surface area contributed by atoms with Crippen LogP contribution in [-0.4, -0.2) is 12.5 Å². The molecule has 3 N–H and O–H groups in total. The number of rotatable bonds is 6. The number of nitrogens with two attached hydrogens (primary N) is 1. The monoisotopic (exact) mass is 416 g/mol. The molecular weight excluding hydrogens is 390 g/mol. The van der Waals surface area contributed by atoms with E-state index in [9.17, 15) is 10.1 Å². The van der Waals surface area contributed by atoms with Crippen LogP contribution in [0.4, 0.5) is 5.00 Å². The van der Waals surface area contributed by atoms with E-state index in [-0.39, 0.29) is 18.5 Å². The number of hydrogen-bond donors (Lipinski definition) is 2. The quantitative estimate of drug-likeness (QED) is 0.637. The highest BCUT2D eigenvalue weighted by Crippen LogP contribution is 2.39. The second kappa shape index (κ2) is 9.25. The maximum Gasteiger partial charge on any atom is 0.280 e. The number of nitrogens with zero attached hydrogens (tertiary/aromatic N) is 1. The third-order valence-corrected chi connectivity index (χ3v) is 6.90. The minimum absolute atomic E-state index is 0.0472. The van der Waals surface area contributed by atoms with Crippen LogP contribution < -0.4 is 10.6 Å². The Morgan fingerprint density at radius 3 is 2.40 bits per heavy atom. The molecule has 0 saturated heterocycles. The molecule has 4 rings (SSSR count). The highest BCUT2D eigenvalue weighted by molar-refractivity contribution is 7.16. The Morgan fingerprint density at radius 1 is 1.17 bits per heavy atom. The summed E-state index contributed by atoms with van der Waals surface area (Å²) in [6.07, 6.45) is 3.04. The number of hydrogen-bond acceptors (Lipinski definition) is 3. The zero-order chi connectivity index (χ0) is 20.9. The Bertz CT molecular complexity index is 1010. The Kier molecular flexibility index (Phi) is 6.27. The van der Waals surface area contributed by atoms with Crippen LogP contribution in [0.15, 0.2) is 60.7 Å². The molecule has 0 saturated carbocycles. The van der Waals surface area contributed by atoms with E-state index in [1.165, 1.54) is 4.88 Å². The lowest BCUT2D eigenvalue weighted by Crippen LogP contribution is -2.87. The molecule has 0 spiro atoms. The molecule has 1 aliphatic rings. The van der Waals surface area contributed by atoms with E-state index in [4.69, 9.17) is 0 Å². The Hall–Kier alpha value is -2.94. The number of fused-ring (bicyclic) bond motifs is 1. The molecule has 1 heterocycles. The average molecular weight is 417 g/mol. The average Bonchev–Trinajstić information content (AvgIpc) is 3.11. The molecule has 0 fully saturated rings. The van der Waals surface area contributed by atoms with E-state index < -0.39 is 0 Å². The molecule has 1 atom stereocenters. The first-order valence-electron chi connectivity index (χ1n) is 10.4. The first kappa shape index (κ1) is 20.3. The summed E-state index contributed by atoms with van der Waals surface area (Å²) in [5.41, 5.74) is 4.13. The van der Waals surface area contributed by atoms with Crippen molar-refractivity contribution in [2.24, 2.45) is 5.92 Å². The molecule has 2 aromatic carbocycles. The Balaban J connectivity index is 1.48. The molecular formula is C25H26N3OS+. The van der Waals surface area contributed by atoms with Gasteiger partial charge in [0.25, 0.3) is 5.91 Å². The molecule has 30 heavy (non-hydrogen) atoms. The minimum Gasteiger partial charge on any atom is -0.328 e. The summed E-state index contributed by atoms with van der Waals surface area (Å²) >= 11 is 1.58. The van der Waals surface area contributed by atoms with Crippen LogP contribution in [0.3, 0.4) is 0 Å². The van der Waals surface area contributed by atoms with Crippen LogP contribution in [0.2, 0.25) is 0 Å². The summed E-state index contributed by atoms with van der Waals surface area (Å²) in [6, 6.07) is 22.8. The highest BCUT2D eigenvalue weighted by atomic mass is 32.1. The van der Waals surface area contributed by atoms with Crippen LogP contribution in [0.1, 0.15) is 46.5 Å². The van der Waals surface area contributed by atoms with E-state index in [0.29, 0.717) is 16.5 Å². The van der Waals surface area contributed by atoms with Gasteiger partial charge >= 0.3 is 0 Å². The van der Waals surface area contributed by atoms with Crippen molar-refractivity contribution in [3.05, 3.63) is 87.8 Å². The third-order valence-electron chi connectivity index (χ3n) is 5.73. The zero-order valence-electron chi connectivity index (χ0n) is 17.1. The van der Waals surface area contributed by atoms with Crippen molar-refractivity contribution < 1.29 is 10.1 Å². The van der Waals surface area contributed by atoms with Gasteiger partial charge in [-0.3, -0.25) is 4.79 Å². The highest BCUT2D eigenvalue weighted by Gasteiger charge is 2.25. The molecule has 0 radical (unpaired) electrons. The maximum absolute atomic E-state index is 12.8. The number of nitrogens with one attached hydrogen (secondary N) is 1. The lowest BCUT2D eigenvalue weighted by Gasteiger charge is -2.17. The summed E-state index contributed by atoms with van der Waals surface area (Å²) in [4.78, 5) is 14.0. The Labute approximate surface area is 181 Å². The standard InChI is InChI=1S/C25H25N3OS/c1-17-12-13-20-21(15-26)25(30-22(20)14-17)28-23(29)16-27-24(18-8-4-2-5-9-18)19-10-6-3-7-11-19/h2-11,17,24,27H,12-14,16H2,1H3,(H,28,29)/p+1/t17-/m0/s1. The summed E-state index contributed by atoms with van der Waals surface area (Å²) in [5, 5.41) is 15.4. The predicted octanol–water partition coefficient (Wildman–Crippen LogP) is 4.04. The van der Waals surface area contributed by atoms with Crippen LogP contribution in [0, 0.1) is 17.2 Å². The van der Waals surface area contributed by atoms with Gasteiger partial charge in [-0.1, -0.05) is 67.6 Å². The summed E-state index contributed by atoms with van der Waals surface area (Å²) in [7, 11) is 0. The molecule has 0 unspecified atom stereocenters. The lowest BCUT2D eigenvalue weighted by molar-refractivity contribution is -0.676. The molecule has 1 amide bonds. The number of benzene rings is 2. The van der Waals surface area contributed by atoms with Crippen LogP contribution >= 0.6 is 11.3 Å². The predicted molar refractivity (Wildman–Crippen MR) is 120 cm³/mol. The van der Waals surface area contributed by atoms with Gasteiger partial charge in [-0.05, 0) is 30.7 Å². The van der Waals surface area contributed by atoms with Crippen molar-refractivity contribution in [3.8, 4) is 6.07 Å². The summed E-state index contributed by atoms with van der Waals surface area (Å²) < 4.78 is 0. The van der Waals surface area contributed by atoms with E-state index in [2.05, 4.69) is 47.9 Å². The zero-order valence-corrected chi connectivity index (χ0v) is 17.9. The number of carbonyl (C=O) groups excluding carboxylic acids is 1. The molecule has 4 nitrogen and oxygen atoms in total. The van der Waals surface area contributed by atoms with E-state index in [1.54, 1.807) is 11.3 Å². The third kappa shape index (κ3) is 4.46. The maximum atomic E-state index is 12.8. The van der Waals surface area contributed by atoms with Crippen molar-refractivity contribution in [2.75, 3.05) is 11.9 Å². The van der Waals surface area contributed by atoms with Gasteiger partial charge in [0, 0.05) is 16.0 Å². The Morgan fingerprint density at radius 2 is 1.80 bits per heavy atom. The van der Waals surface area contributed by atoms with Crippen LogP contribution in [0.5, 0.6) is 0 Å². The number of amides is 1. The van der Waals surface area contributed by atoms with E-state index in [0.717, 1.165) is 36.0 Å². The van der Waals surface area contributed by atoms with Gasteiger partial charge in [0.1, 0.15) is 17.1 Å². The number of anilines is 1. The minimum atomic E-state index is -0.0741. The van der Waals surface area contributed by atoms with Gasteiger partial charge < -0.3 is 10.6 Å². The van der Waals surface area contributed by atoms with Crippen LogP contribution in [-0.2, 0) is 17.6 Å². The molecule has 1 aromatic heterocycles. The molecule has 152 valence electrons. The fourth-order valence-corrected chi connectivity index (χ4v) is 5.52. The largest absolute Gasteiger partial charge is 0.328 e. The first-order chi connectivity index (χ1) is 14.7. The number of nitriles is 1. The summed E-state index contributed by atoms with van der Waals surface area (Å²) in [6.45, 7) is 2.54. The molecule has 3 aromatic rings. The fraction of sp³-hybridized carbons (Fsp3) is 0.280. The van der Waals surface area contributed by atoms with Crippen molar-refractivity contribution in [2.45, 2.75) is 32.2 Å². The fourth-order valence-electron chi connectivity index (χ4n) is 4.15. The van der Waals surface area contributed by atoms with Gasteiger partial charge in [-0.25, -0.2) is 0 Å². The lowest BCUT2D eigenvalue weighted by atomic mass is 9.89. The summed E-state index contributed by atoms with van der Waals surface area (Å²) in [5.74, 6) is 0.562. The number of thiophene rings is 1. The van der Waals surface area contributed by atoms with E-state index >= 15 is 0 Å². The van der Waals surface area contributed by atoms with Crippen molar-refractivity contribution in [1.29, 1.82) is 5.26 Å². The molecule has 0 bridgehead atoms. The van der Waals surface area contributed by atoms with E-state index in [1.807, 2.05) is 36.4 Å². The van der Waals surface area contributed by atoms with Gasteiger partial charge in [-0.2, -0.15) is 5.26 Å². The molecule has 0 aliphatic heterocycles. The topological polar surface area (TPSA) is 69.5 Å². The molecule has 5 heteroatoms. The van der Waals surface area contributed by atoms with Crippen molar-refractivity contribution >= 4 is 22.2 Å². The number of quaternary nitrogens is 1. The van der Waals surface area contributed by atoms with Gasteiger partial charge in [0.15, 0.2) is 6.54 Å². The first-order valence-corrected chi connectivity index (χ1v) is 11.2. The smallest absolute Gasteiger partial charge is 0.280 e. The number of carbonyl (C=O) groups is 1. The van der Waals surface area contributed by atoms with Crippen molar-refractivity contribution in [1.82, 2.24) is 0 Å². The molecule has 1 aliphatic carbocycles. The van der Waals surface area contributed by atoms with Gasteiger partial charge in [0.2, 0.25) is 0 Å². The van der Waals surface area contributed by atoms with Gasteiger partial charge in [0.05, 0.1) is 5.56 Å². The second-order valence-electron chi connectivity index (χ2n) is 7.95. The van der Waals surface area contributed by atoms with Crippen molar-refractivity contribution in [3.63, 3.8) is 0 Å².